The minimum Gasteiger partial charge on any atom is -0.393 e. The molecule has 1 saturated carbocycles. The smallest absolute Gasteiger partial charge is 0.129 e. The molecule has 1 nitrogen and oxygen atoms in total. The lowest BCUT2D eigenvalue weighted by Gasteiger charge is -2.16. The summed E-state index contributed by atoms with van der Waals surface area (Å²) in [5.74, 6) is -0.691. The number of benzene rings is 1. The first-order valence-electron chi connectivity index (χ1n) is 6.27. The Morgan fingerprint density at radius 1 is 1.18 bits per heavy atom. The van der Waals surface area contributed by atoms with Crippen molar-refractivity contribution >= 4 is 0 Å². The van der Waals surface area contributed by atoms with Crippen LogP contribution in [0.5, 0.6) is 0 Å². The molecule has 1 N–H and O–H groups in total. The number of halogens is 2. The zero-order valence-electron chi connectivity index (χ0n) is 9.83. The van der Waals surface area contributed by atoms with E-state index in [-0.39, 0.29) is 6.10 Å². The number of hydrogen-bond acceptors (Lipinski definition) is 1. The zero-order valence-corrected chi connectivity index (χ0v) is 9.83. The fourth-order valence-corrected chi connectivity index (χ4v) is 2.62. The van der Waals surface area contributed by atoms with E-state index in [2.05, 4.69) is 0 Å². The fraction of sp³-hybridized carbons (Fsp3) is 0.571. The van der Waals surface area contributed by atoms with Gasteiger partial charge in [-0.25, -0.2) is 8.78 Å². The van der Waals surface area contributed by atoms with E-state index in [4.69, 9.17) is 0 Å². The Bertz CT molecular complexity index is 378. The van der Waals surface area contributed by atoms with Crippen molar-refractivity contribution in [3.05, 3.63) is 35.4 Å². The average molecular weight is 240 g/mol. The van der Waals surface area contributed by atoms with Crippen LogP contribution in [0.25, 0.3) is 0 Å². The molecule has 1 aromatic carbocycles. The van der Waals surface area contributed by atoms with Crippen LogP contribution in [0.3, 0.4) is 0 Å². The maximum atomic E-state index is 13.5. The lowest BCUT2D eigenvalue weighted by atomic mass is 9.91. The first-order valence-corrected chi connectivity index (χ1v) is 6.27. The zero-order chi connectivity index (χ0) is 12.3. The van der Waals surface area contributed by atoms with Crippen LogP contribution in [0.15, 0.2) is 18.2 Å². The molecule has 0 bridgehead atoms. The van der Waals surface area contributed by atoms with Crippen LogP contribution in [0, 0.1) is 17.6 Å². The molecule has 0 aliphatic heterocycles. The average Bonchev–Trinajstić information content (AvgIpc) is 2.47. The molecule has 17 heavy (non-hydrogen) atoms. The summed E-state index contributed by atoms with van der Waals surface area (Å²) in [6.45, 7) is 0. The minimum atomic E-state index is -0.535. The molecule has 2 rings (SSSR count). The van der Waals surface area contributed by atoms with Crippen LogP contribution in [-0.2, 0) is 6.42 Å². The van der Waals surface area contributed by atoms with E-state index in [9.17, 15) is 13.9 Å². The molecule has 2 atom stereocenters. The number of rotatable bonds is 2. The highest BCUT2D eigenvalue weighted by Gasteiger charge is 2.19. The van der Waals surface area contributed by atoms with Gasteiger partial charge < -0.3 is 5.11 Å². The van der Waals surface area contributed by atoms with E-state index in [0.29, 0.717) is 17.9 Å². The monoisotopic (exact) mass is 240 g/mol. The van der Waals surface area contributed by atoms with Gasteiger partial charge in [0, 0.05) is 6.07 Å². The van der Waals surface area contributed by atoms with Gasteiger partial charge in [-0.3, -0.25) is 0 Å². The highest BCUT2D eigenvalue weighted by Crippen LogP contribution is 2.27. The Hall–Kier alpha value is -0.960. The first kappa shape index (κ1) is 12.5. The number of aliphatic hydroxyl groups is 1. The summed E-state index contributed by atoms with van der Waals surface area (Å²) < 4.78 is 26.3. The van der Waals surface area contributed by atoms with E-state index in [1.165, 1.54) is 12.1 Å². The largest absolute Gasteiger partial charge is 0.393 e. The van der Waals surface area contributed by atoms with E-state index in [0.717, 1.165) is 38.2 Å². The normalized spacial score (nSPS) is 25.6. The van der Waals surface area contributed by atoms with Gasteiger partial charge in [-0.15, -0.1) is 0 Å². The van der Waals surface area contributed by atoms with Crippen molar-refractivity contribution in [3.63, 3.8) is 0 Å². The molecule has 0 radical (unpaired) electrons. The molecule has 1 aromatic rings. The van der Waals surface area contributed by atoms with Gasteiger partial charge in [0.1, 0.15) is 11.6 Å². The van der Waals surface area contributed by atoms with Gasteiger partial charge in [0.2, 0.25) is 0 Å². The predicted molar refractivity (Wildman–Crippen MR) is 62.6 cm³/mol. The molecule has 0 heterocycles. The van der Waals surface area contributed by atoms with Crippen LogP contribution < -0.4 is 0 Å². The van der Waals surface area contributed by atoms with Crippen molar-refractivity contribution in [2.45, 2.75) is 44.6 Å². The molecule has 1 aliphatic carbocycles. The summed E-state index contributed by atoms with van der Waals surface area (Å²) in [6.07, 6.45) is 5.08. The highest BCUT2D eigenvalue weighted by atomic mass is 19.1. The van der Waals surface area contributed by atoms with Crippen LogP contribution in [0.1, 0.15) is 37.7 Å². The standard InChI is InChI=1S/C14H18F2O/c15-12-6-5-11(14(16)9-12)7-10-3-1-2-4-13(17)8-10/h5-6,9-10,13,17H,1-4,7-8H2. The number of hydrogen-bond donors (Lipinski definition) is 1. The second-order valence-electron chi connectivity index (χ2n) is 4.98. The van der Waals surface area contributed by atoms with E-state index in [1.807, 2.05) is 0 Å². The molecular weight excluding hydrogens is 222 g/mol. The third kappa shape index (κ3) is 3.50. The van der Waals surface area contributed by atoms with Crippen LogP contribution in [0.2, 0.25) is 0 Å². The molecular formula is C14H18F2O. The Balaban J connectivity index is 2.03. The summed E-state index contributed by atoms with van der Waals surface area (Å²) >= 11 is 0. The summed E-state index contributed by atoms with van der Waals surface area (Å²) in [5.41, 5.74) is 0.561. The second kappa shape index (κ2) is 5.58. The molecule has 3 heteroatoms. The van der Waals surface area contributed by atoms with E-state index in [1.54, 1.807) is 0 Å². The molecule has 1 fully saturated rings. The summed E-state index contributed by atoms with van der Waals surface area (Å²) in [5, 5.41) is 9.70. The Morgan fingerprint density at radius 2 is 1.94 bits per heavy atom. The fourth-order valence-electron chi connectivity index (χ4n) is 2.62. The van der Waals surface area contributed by atoms with Gasteiger partial charge in [0.15, 0.2) is 0 Å². The SMILES string of the molecule is OC1CCCCC(Cc2ccc(F)cc2F)C1. The first-order chi connectivity index (χ1) is 8.15. The van der Waals surface area contributed by atoms with E-state index < -0.39 is 11.6 Å². The maximum absolute atomic E-state index is 13.5. The lowest BCUT2D eigenvalue weighted by Crippen LogP contribution is -2.13. The molecule has 0 saturated heterocycles. The third-order valence-corrected chi connectivity index (χ3v) is 3.53. The summed E-state index contributed by atoms with van der Waals surface area (Å²) in [6, 6.07) is 3.75. The van der Waals surface area contributed by atoms with Gasteiger partial charge >= 0.3 is 0 Å². The van der Waals surface area contributed by atoms with Crippen molar-refractivity contribution in [2.75, 3.05) is 0 Å². The predicted octanol–water partition coefficient (Wildman–Crippen LogP) is 3.45. The van der Waals surface area contributed by atoms with E-state index >= 15 is 0 Å². The minimum absolute atomic E-state index is 0.258. The molecule has 94 valence electrons. The summed E-state index contributed by atoms with van der Waals surface area (Å²) in [4.78, 5) is 0. The molecule has 0 aromatic heterocycles. The van der Waals surface area contributed by atoms with Crippen molar-refractivity contribution in [1.29, 1.82) is 0 Å². The topological polar surface area (TPSA) is 20.2 Å². The van der Waals surface area contributed by atoms with Gasteiger partial charge in [0.25, 0.3) is 0 Å². The Morgan fingerprint density at radius 3 is 2.71 bits per heavy atom. The van der Waals surface area contributed by atoms with Gasteiger partial charge in [0.05, 0.1) is 6.10 Å². The van der Waals surface area contributed by atoms with Crippen molar-refractivity contribution in [3.8, 4) is 0 Å². The van der Waals surface area contributed by atoms with Crippen LogP contribution in [-0.4, -0.2) is 11.2 Å². The van der Waals surface area contributed by atoms with Crippen molar-refractivity contribution in [2.24, 2.45) is 5.92 Å². The van der Waals surface area contributed by atoms with Crippen molar-refractivity contribution < 1.29 is 13.9 Å². The van der Waals surface area contributed by atoms with Crippen LogP contribution >= 0.6 is 0 Å². The quantitative estimate of drug-likeness (QED) is 0.785. The number of aliphatic hydroxyl groups excluding tert-OH is 1. The van der Waals surface area contributed by atoms with Gasteiger partial charge in [-0.05, 0) is 36.8 Å². The molecule has 1 aliphatic rings. The Kier molecular flexibility index (Phi) is 4.11. The van der Waals surface area contributed by atoms with Gasteiger partial charge in [-0.1, -0.05) is 25.3 Å². The lowest BCUT2D eigenvalue weighted by molar-refractivity contribution is 0.141. The second-order valence-corrected chi connectivity index (χ2v) is 4.98. The summed E-state index contributed by atoms with van der Waals surface area (Å²) in [7, 11) is 0. The highest BCUT2D eigenvalue weighted by molar-refractivity contribution is 5.19. The Labute approximate surface area is 100 Å². The molecule has 2 unspecified atom stereocenters. The van der Waals surface area contributed by atoms with Gasteiger partial charge in [-0.2, -0.15) is 0 Å². The third-order valence-electron chi connectivity index (χ3n) is 3.53. The van der Waals surface area contributed by atoms with Crippen molar-refractivity contribution in [1.82, 2.24) is 0 Å². The van der Waals surface area contributed by atoms with Crippen LogP contribution in [0.4, 0.5) is 8.78 Å². The molecule has 0 amide bonds. The maximum Gasteiger partial charge on any atom is 0.129 e. The molecule has 0 spiro atoms.